The van der Waals surface area contributed by atoms with Crippen LogP contribution in [0, 0.1) is 11.7 Å². The summed E-state index contributed by atoms with van der Waals surface area (Å²) in [6.45, 7) is 5.23. The number of rotatable bonds is 5. The highest BCUT2D eigenvalue weighted by Gasteiger charge is 2.16. The van der Waals surface area contributed by atoms with Gasteiger partial charge in [0.05, 0.1) is 11.9 Å². The normalized spacial score (nSPS) is 16.6. The molecular weight excluding hydrogens is 301 g/mol. The lowest BCUT2D eigenvalue weighted by atomic mass is 9.98. The molecule has 0 atom stereocenters. The molecule has 1 N–H and O–H groups in total. The maximum atomic E-state index is 13.7. The Bertz CT molecular complexity index is 677. The van der Waals surface area contributed by atoms with E-state index in [4.69, 9.17) is 0 Å². The quantitative estimate of drug-likeness (QED) is 0.647. The Hall–Kier alpha value is -2.20. The molecule has 126 valence electrons. The number of nitrogens with zero attached hydrogens (tertiary/aromatic N) is 2. The largest absolute Gasteiger partial charge is 0.299 e. The number of hydrogen-bond donors (Lipinski definition) is 1. The molecular formula is C20H24FN3. The van der Waals surface area contributed by atoms with Crippen molar-refractivity contribution in [1.29, 1.82) is 0 Å². The maximum absolute atomic E-state index is 13.7. The van der Waals surface area contributed by atoms with Gasteiger partial charge in [-0.05, 0) is 67.2 Å². The summed E-state index contributed by atoms with van der Waals surface area (Å²) in [5, 5.41) is 4.29. The Morgan fingerprint density at radius 3 is 2.67 bits per heavy atom. The molecule has 0 amide bonds. The molecule has 1 fully saturated rings. The zero-order valence-electron chi connectivity index (χ0n) is 14.1. The predicted octanol–water partition coefficient (Wildman–Crippen LogP) is 4.50. The SMILES string of the molecule is CC1CCN(Cc2cc(F)ccc2C=NNc2ccccc2)CC1. The van der Waals surface area contributed by atoms with Gasteiger partial charge in [0.2, 0.25) is 0 Å². The Morgan fingerprint density at radius 1 is 1.17 bits per heavy atom. The molecule has 0 aliphatic carbocycles. The fraction of sp³-hybridized carbons (Fsp3) is 0.350. The first-order chi connectivity index (χ1) is 11.7. The molecule has 0 bridgehead atoms. The monoisotopic (exact) mass is 325 g/mol. The number of anilines is 1. The van der Waals surface area contributed by atoms with Crippen molar-refractivity contribution >= 4 is 11.9 Å². The third kappa shape index (κ3) is 4.65. The van der Waals surface area contributed by atoms with Gasteiger partial charge < -0.3 is 0 Å². The first kappa shape index (κ1) is 16.7. The number of hydrazone groups is 1. The van der Waals surface area contributed by atoms with Crippen LogP contribution in [-0.2, 0) is 6.54 Å². The highest BCUT2D eigenvalue weighted by molar-refractivity contribution is 5.82. The van der Waals surface area contributed by atoms with Crippen molar-refractivity contribution in [2.75, 3.05) is 18.5 Å². The van der Waals surface area contributed by atoms with Gasteiger partial charge in [-0.2, -0.15) is 5.10 Å². The molecule has 1 aliphatic rings. The zero-order chi connectivity index (χ0) is 16.8. The van der Waals surface area contributed by atoms with Crippen molar-refractivity contribution in [3.63, 3.8) is 0 Å². The standard InChI is InChI=1S/C20H24FN3/c1-16-9-11-24(12-10-16)15-18-13-19(21)8-7-17(18)14-22-23-20-5-3-2-4-6-20/h2-8,13-14,16,23H,9-12,15H2,1H3. The summed E-state index contributed by atoms with van der Waals surface area (Å²) in [4.78, 5) is 2.40. The van der Waals surface area contributed by atoms with Crippen molar-refractivity contribution in [2.45, 2.75) is 26.3 Å². The van der Waals surface area contributed by atoms with Crippen LogP contribution < -0.4 is 5.43 Å². The van der Waals surface area contributed by atoms with Gasteiger partial charge in [-0.15, -0.1) is 0 Å². The summed E-state index contributed by atoms with van der Waals surface area (Å²) >= 11 is 0. The molecule has 2 aromatic carbocycles. The Kier molecular flexibility index (Phi) is 5.59. The fourth-order valence-electron chi connectivity index (χ4n) is 2.99. The van der Waals surface area contributed by atoms with E-state index >= 15 is 0 Å². The van der Waals surface area contributed by atoms with E-state index in [0.717, 1.165) is 42.4 Å². The Balaban J connectivity index is 1.68. The predicted molar refractivity (Wildman–Crippen MR) is 97.7 cm³/mol. The second-order valence-electron chi connectivity index (χ2n) is 6.54. The first-order valence-electron chi connectivity index (χ1n) is 8.55. The molecule has 1 heterocycles. The number of benzene rings is 2. The van der Waals surface area contributed by atoms with Gasteiger partial charge in [0.1, 0.15) is 5.82 Å². The second kappa shape index (κ2) is 8.06. The highest BCUT2D eigenvalue weighted by Crippen LogP contribution is 2.20. The van der Waals surface area contributed by atoms with Crippen LogP contribution >= 0.6 is 0 Å². The smallest absolute Gasteiger partial charge is 0.123 e. The minimum Gasteiger partial charge on any atom is -0.299 e. The lowest BCUT2D eigenvalue weighted by Crippen LogP contribution is -2.32. The molecule has 1 aliphatic heterocycles. The highest BCUT2D eigenvalue weighted by atomic mass is 19.1. The van der Waals surface area contributed by atoms with E-state index in [1.165, 1.54) is 18.9 Å². The van der Waals surface area contributed by atoms with E-state index in [9.17, 15) is 4.39 Å². The molecule has 0 spiro atoms. The minimum atomic E-state index is -0.191. The Morgan fingerprint density at radius 2 is 1.92 bits per heavy atom. The lowest BCUT2D eigenvalue weighted by molar-refractivity contribution is 0.185. The summed E-state index contributed by atoms with van der Waals surface area (Å²) in [6, 6.07) is 14.7. The summed E-state index contributed by atoms with van der Waals surface area (Å²) in [5.41, 5.74) is 5.89. The van der Waals surface area contributed by atoms with Crippen molar-refractivity contribution < 1.29 is 4.39 Å². The van der Waals surface area contributed by atoms with Gasteiger partial charge in [0, 0.05) is 6.54 Å². The van der Waals surface area contributed by atoms with Crippen LogP contribution in [0.3, 0.4) is 0 Å². The van der Waals surface area contributed by atoms with Crippen LogP contribution in [0.15, 0.2) is 53.6 Å². The summed E-state index contributed by atoms with van der Waals surface area (Å²) in [5.74, 6) is 0.605. The topological polar surface area (TPSA) is 27.6 Å². The van der Waals surface area contributed by atoms with Gasteiger partial charge in [0.15, 0.2) is 0 Å². The molecule has 24 heavy (non-hydrogen) atoms. The zero-order valence-corrected chi connectivity index (χ0v) is 14.1. The van der Waals surface area contributed by atoms with E-state index in [1.54, 1.807) is 18.3 Å². The molecule has 3 nitrogen and oxygen atoms in total. The molecule has 0 unspecified atom stereocenters. The summed E-state index contributed by atoms with van der Waals surface area (Å²) < 4.78 is 13.7. The van der Waals surface area contributed by atoms with Crippen molar-refractivity contribution in [1.82, 2.24) is 4.90 Å². The minimum absolute atomic E-state index is 0.191. The van der Waals surface area contributed by atoms with Crippen molar-refractivity contribution in [3.05, 3.63) is 65.5 Å². The van der Waals surface area contributed by atoms with E-state index in [2.05, 4.69) is 22.4 Å². The van der Waals surface area contributed by atoms with Crippen molar-refractivity contribution in [3.8, 4) is 0 Å². The van der Waals surface area contributed by atoms with E-state index in [0.29, 0.717) is 0 Å². The Labute approximate surface area is 143 Å². The average Bonchev–Trinajstić information content (AvgIpc) is 2.60. The maximum Gasteiger partial charge on any atom is 0.123 e. The molecule has 0 radical (unpaired) electrons. The molecule has 0 aromatic heterocycles. The van der Waals surface area contributed by atoms with E-state index in [1.807, 2.05) is 30.3 Å². The van der Waals surface area contributed by atoms with Gasteiger partial charge in [-0.1, -0.05) is 31.2 Å². The fourth-order valence-corrected chi connectivity index (χ4v) is 2.99. The van der Waals surface area contributed by atoms with E-state index in [-0.39, 0.29) is 5.82 Å². The lowest BCUT2D eigenvalue weighted by Gasteiger charge is -2.30. The van der Waals surface area contributed by atoms with Crippen LogP contribution in [0.25, 0.3) is 0 Å². The van der Waals surface area contributed by atoms with Gasteiger partial charge in [-0.3, -0.25) is 10.3 Å². The summed E-state index contributed by atoms with van der Waals surface area (Å²) in [7, 11) is 0. The van der Waals surface area contributed by atoms with Gasteiger partial charge in [0.25, 0.3) is 0 Å². The number of halogens is 1. The number of likely N-dealkylation sites (tertiary alicyclic amines) is 1. The van der Waals surface area contributed by atoms with Crippen LogP contribution in [-0.4, -0.2) is 24.2 Å². The number of para-hydroxylation sites is 1. The van der Waals surface area contributed by atoms with Crippen LogP contribution in [0.1, 0.15) is 30.9 Å². The third-order valence-corrected chi connectivity index (χ3v) is 4.55. The van der Waals surface area contributed by atoms with Crippen LogP contribution in [0.4, 0.5) is 10.1 Å². The van der Waals surface area contributed by atoms with Crippen LogP contribution in [0.2, 0.25) is 0 Å². The van der Waals surface area contributed by atoms with Crippen LogP contribution in [0.5, 0.6) is 0 Å². The molecule has 3 rings (SSSR count). The van der Waals surface area contributed by atoms with Gasteiger partial charge >= 0.3 is 0 Å². The third-order valence-electron chi connectivity index (χ3n) is 4.55. The molecule has 0 saturated carbocycles. The van der Waals surface area contributed by atoms with E-state index < -0.39 is 0 Å². The molecule has 4 heteroatoms. The average molecular weight is 325 g/mol. The number of piperidine rings is 1. The first-order valence-corrected chi connectivity index (χ1v) is 8.55. The second-order valence-corrected chi connectivity index (χ2v) is 6.54. The number of hydrogen-bond acceptors (Lipinski definition) is 3. The molecule has 1 saturated heterocycles. The summed E-state index contributed by atoms with van der Waals surface area (Å²) in [6.07, 6.45) is 4.21. The van der Waals surface area contributed by atoms with Crippen molar-refractivity contribution in [2.24, 2.45) is 11.0 Å². The van der Waals surface area contributed by atoms with Gasteiger partial charge in [-0.25, -0.2) is 4.39 Å². The molecule has 2 aromatic rings. The number of nitrogens with one attached hydrogen (secondary N) is 1.